The van der Waals surface area contributed by atoms with Crippen LogP contribution >= 0.6 is 0 Å². The summed E-state index contributed by atoms with van der Waals surface area (Å²) in [5, 5.41) is 16.4. The van der Waals surface area contributed by atoms with E-state index in [0.29, 0.717) is 11.8 Å². The van der Waals surface area contributed by atoms with E-state index in [-0.39, 0.29) is 58.2 Å². The summed E-state index contributed by atoms with van der Waals surface area (Å²) in [7, 11) is 2.79. The van der Waals surface area contributed by atoms with Crippen molar-refractivity contribution in [1.82, 2.24) is 5.01 Å². The first kappa shape index (κ1) is 17.8. The van der Waals surface area contributed by atoms with Crippen molar-refractivity contribution >= 4 is 23.7 Å². The summed E-state index contributed by atoms with van der Waals surface area (Å²) in [5.74, 6) is 0.333. The highest BCUT2D eigenvalue weighted by molar-refractivity contribution is 6.06. The number of nitro groups is 1. The summed E-state index contributed by atoms with van der Waals surface area (Å²) in [4.78, 5) is 36.8. The second kappa shape index (κ2) is 6.13. The second-order valence-corrected chi connectivity index (χ2v) is 7.91. The van der Waals surface area contributed by atoms with Crippen LogP contribution in [-0.2, 0) is 9.59 Å². The Morgan fingerprint density at radius 3 is 2.14 bits per heavy atom. The molecule has 1 aromatic carbocycles. The van der Waals surface area contributed by atoms with E-state index in [2.05, 4.69) is 17.3 Å². The molecule has 3 fully saturated rings. The van der Waals surface area contributed by atoms with Gasteiger partial charge in [-0.25, -0.2) is 0 Å². The molecule has 1 saturated heterocycles. The fourth-order valence-electron chi connectivity index (χ4n) is 5.32. The standard InChI is InChI=1S/C20H19N3O6/c1-28-15-5-9(14(23(26)27)7-16(15)29-2)8-21-22-19(24)17-10-3-4-11(13-6-12(10)13)18(17)20(22)25/h3-5,7-8,10-13,17-18H,6H2,1-2H3/b21-8-/t10-,11-,12-,13-,17+,18+/m1/s1. The lowest BCUT2D eigenvalue weighted by Gasteiger charge is -2.37. The molecule has 0 unspecified atom stereocenters. The number of methoxy groups -OCH3 is 2. The van der Waals surface area contributed by atoms with Crippen LogP contribution in [0.3, 0.4) is 0 Å². The van der Waals surface area contributed by atoms with Gasteiger partial charge in [-0.1, -0.05) is 12.2 Å². The average Bonchev–Trinajstić information content (AvgIpc) is 3.50. The molecular weight excluding hydrogens is 378 g/mol. The molecule has 0 radical (unpaired) electrons. The predicted octanol–water partition coefficient (Wildman–Crippen LogP) is 2.00. The van der Waals surface area contributed by atoms with Gasteiger partial charge in [-0.15, -0.1) is 0 Å². The number of nitro benzene ring substituents is 1. The highest BCUT2D eigenvalue weighted by Crippen LogP contribution is 2.65. The highest BCUT2D eigenvalue weighted by atomic mass is 16.6. The van der Waals surface area contributed by atoms with E-state index < -0.39 is 4.92 Å². The number of carbonyl (C=O) groups excluding carboxylic acids is 2. The summed E-state index contributed by atoms with van der Waals surface area (Å²) in [6.07, 6.45) is 6.41. The van der Waals surface area contributed by atoms with Crippen molar-refractivity contribution in [1.29, 1.82) is 0 Å². The maximum atomic E-state index is 12.9. The molecule has 1 aliphatic heterocycles. The number of rotatable bonds is 5. The molecular formula is C20H19N3O6. The lowest BCUT2D eigenvalue weighted by molar-refractivity contribution is -0.385. The minimum Gasteiger partial charge on any atom is -0.493 e. The van der Waals surface area contributed by atoms with Gasteiger partial charge in [-0.2, -0.15) is 10.1 Å². The first-order valence-corrected chi connectivity index (χ1v) is 9.46. The van der Waals surface area contributed by atoms with Crippen LogP contribution in [0.5, 0.6) is 11.5 Å². The van der Waals surface area contributed by atoms with Gasteiger partial charge < -0.3 is 9.47 Å². The van der Waals surface area contributed by atoms with Crippen LogP contribution in [0.1, 0.15) is 12.0 Å². The van der Waals surface area contributed by atoms with E-state index in [0.717, 1.165) is 11.4 Å². The normalized spacial score (nSPS) is 33.8. The van der Waals surface area contributed by atoms with E-state index in [9.17, 15) is 19.7 Å². The monoisotopic (exact) mass is 397 g/mol. The van der Waals surface area contributed by atoms with Crippen LogP contribution in [0, 0.1) is 45.6 Å². The van der Waals surface area contributed by atoms with E-state index in [1.54, 1.807) is 0 Å². The van der Waals surface area contributed by atoms with Crippen molar-refractivity contribution in [2.24, 2.45) is 40.6 Å². The Bertz CT molecular complexity index is 966. The van der Waals surface area contributed by atoms with Crippen molar-refractivity contribution in [3.05, 3.63) is 40.0 Å². The van der Waals surface area contributed by atoms with Crippen molar-refractivity contribution in [2.45, 2.75) is 6.42 Å². The molecule has 1 heterocycles. The van der Waals surface area contributed by atoms with Gasteiger partial charge in [-0.3, -0.25) is 19.7 Å². The molecule has 0 aromatic heterocycles. The molecule has 2 bridgehead atoms. The van der Waals surface area contributed by atoms with Gasteiger partial charge in [0.15, 0.2) is 11.5 Å². The number of nitrogens with zero attached hydrogens (tertiary/aromatic N) is 3. The Hall–Kier alpha value is -3.23. The molecule has 2 saturated carbocycles. The lowest BCUT2D eigenvalue weighted by atomic mass is 9.63. The van der Waals surface area contributed by atoms with E-state index in [1.807, 2.05) is 0 Å². The van der Waals surface area contributed by atoms with Gasteiger partial charge in [0.05, 0.1) is 48.8 Å². The third-order valence-corrected chi connectivity index (χ3v) is 6.68. The molecule has 9 heteroatoms. The summed E-state index contributed by atoms with van der Waals surface area (Å²) in [6.45, 7) is 0. The second-order valence-electron chi connectivity index (χ2n) is 7.91. The van der Waals surface area contributed by atoms with Crippen LogP contribution in [-0.4, -0.2) is 42.2 Å². The molecule has 29 heavy (non-hydrogen) atoms. The lowest BCUT2D eigenvalue weighted by Crippen LogP contribution is -2.40. The molecule has 0 N–H and O–H groups in total. The number of ether oxygens (including phenoxy) is 2. The van der Waals surface area contributed by atoms with Crippen molar-refractivity contribution in [3.8, 4) is 11.5 Å². The minimum absolute atomic E-state index is 0.0991. The number of hydrazone groups is 1. The van der Waals surface area contributed by atoms with Gasteiger partial charge in [-0.05, 0) is 36.2 Å². The molecule has 150 valence electrons. The predicted molar refractivity (Wildman–Crippen MR) is 100 cm³/mol. The van der Waals surface area contributed by atoms with Crippen molar-refractivity contribution < 1.29 is 24.0 Å². The maximum Gasteiger partial charge on any atom is 0.282 e. The zero-order valence-electron chi connectivity index (χ0n) is 15.8. The number of amides is 2. The molecule has 5 aliphatic rings. The zero-order chi connectivity index (χ0) is 20.4. The third kappa shape index (κ3) is 2.43. The van der Waals surface area contributed by atoms with Crippen molar-refractivity contribution in [2.75, 3.05) is 14.2 Å². The minimum atomic E-state index is -0.575. The Morgan fingerprint density at radius 2 is 1.62 bits per heavy atom. The summed E-state index contributed by atoms with van der Waals surface area (Å²) < 4.78 is 10.3. The number of hydrogen-bond acceptors (Lipinski definition) is 7. The molecule has 0 spiro atoms. The van der Waals surface area contributed by atoms with Crippen molar-refractivity contribution in [3.63, 3.8) is 0 Å². The van der Waals surface area contributed by atoms with E-state index >= 15 is 0 Å². The van der Waals surface area contributed by atoms with Crippen LogP contribution < -0.4 is 9.47 Å². The first-order chi connectivity index (χ1) is 14.0. The van der Waals surface area contributed by atoms with E-state index in [4.69, 9.17) is 9.47 Å². The fraction of sp³-hybridized carbons (Fsp3) is 0.450. The van der Waals surface area contributed by atoms with Crippen LogP contribution in [0.15, 0.2) is 29.4 Å². The van der Waals surface area contributed by atoms with Crippen LogP contribution in [0.25, 0.3) is 0 Å². The summed E-state index contributed by atoms with van der Waals surface area (Å²) >= 11 is 0. The summed E-state index contributed by atoms with van der Waals surface area (Å²) in [5.41, 5.74) is -0.141. The Kier molecular flexibility index (Phi) is 3.77. The largest absolute Gasteiger partial charge is 0.493 e. The third-order valence-electron chi connectivity index (χ3n) is 6.68. The number of carbonyl (C=O) groups is 2. The van der Waals surface area contributed by atoms with Gasteiger partial charge in [0.1, 0.15) is 0 Å². The summed E-state index contributed by atoms with van der Waals surface area (Å²) in [6, 6.07) is 2.63. The smallest absolute Gasteiger partial charge is 0.282 e. The Balaban J connectivity index is 1.48. The fourth-order valence-corrected chi connectivity index (χ4v) is 5.32. The number of allylic oxidation sites excluding steroid dienone is 2. The van der Waals surface area contributed by atoms with Gasteiger partial charge in [0, 0.05) is 0 Å². The number of hydrogen-bond donors (Lipinski definition) is 0. The molecule has 2 amide bonds. The maximum absolute atomic E-state index is 12.9. The number of benzene rings is 1. The van der Waals surface area contributed by atoms with Crippen LogP contribution in [0.4, 0.5) is 5.69 Å². The molecule has 6 rings (SSSR count). The van der Waals surface area contributed by atoms with Gasteiger partial charge in [0.2, 0.25) is 0 Å². The van der Waals surface area contributed by atoms with E-state index in [1.165, 1.54) is 32.6 Å². The quantitative estimate of drug-likeness (QED) is 0.247. The first-order valence-electron chi connectivity index (χ1n) is 9.46. The number of imide groups is 1. The Morgan fingerprint density at radius 1 is 1.07 bits per heavy atom. The molecule has 6 atom stereocenters. The van der Waals surface area contributed by atoms with Gasteiger partial charge >= 0.3 is 0 Å². The van der Waals surface area contributed by atoms with Crippen LogP contribution in [0.2, 0.25) is 0 Å². The average molecular weight is 397 g/mol. The zero-order valence-corrected chi connectivity index (χ0v) is 15.8. The highest BCUT2D eigenvalue weighted by Gasteiger charge is 2.67. The molecule has 9 nitrogen and oxygen atoms in total. The molecule has 1 aromatic rings. The Labute approximate surface area is 166 Å². The molecule has 4 aliphatic carbocycles. The SMILES string of the molecule is COc1cc(/C=N\N2C(=O)[C@H]3[C@@H]4C=C[C@H]([C@H]5C[C@H]45)[C@@H]3C2=O)c([N+](=O)[O-])cc1OC. The van der Waals surface area contributed by atoms with Gasteiger partial charge in [0.25, 0.3) is 17.5 Å². The topological polar surface area (TPSA) is 111 Å².